The summed E-state index contributed by atoms with van der Waals surface area (Å²) in [5.74, 6) is -4.05. The molecule has 0 bridgehead atoms. The number of amides is 3. The maximum atomic E-state index is 14.7. The van der Waals surface area contributed by atoms with Crippen LogP contribution in [0.25, 0.3) is 21.6 Å². The molecule has 8 rings (SSSR count). The fourth-order valence-corrected chi connectivity index (χ4v) is 10.2. The largest absolute Gasteiger partial charge is 0.473 e. The summed E-state index contributed by atoms with van der Waals surface area (Å²) in [7, 11) is -3.88. The molecule has 2 unspecified atom stereocenters. The van der Waals surface area contributed by atoms with E-state index in [0.717, 1.165) is 17.7 Å². The van der Waals surface area contributed by atoms with Crippen LogP contribution in [0.5, 0.6) is 5.88 Å². The number of hydrogen-bond donors (Lipinski definition) is 3. The molecule has 13 nitrogen and oxygen atoms in total. The SMILES string of the molecule is O=C(N[C@@H]1CCCCC/C=C\C2C[C@@]2(C(=O)NS(=O)(=O)C2CC2)NC(=O)[C@@H]2C[C@@H](Oc3nc4ccccc4nc3-c3cccs3)CC2C1=O)c1cscn1. The maximum absolute atomic E-state index is 14.7. The number of sulfonamides is 1. The summed E-state index contributed by atoms with van der Waals surface area (Å²) in [6.45, 7) is 0. The van der Waals surface area contributed by atoms with Crippen molar-refractivity contribution in [2.75, 3.05) is 0 Å². The third-order valence-electron chi connectivity index (χ3n) is 10.8. The fraction of sp³-hybridized carbons (Fsp3) is 0.447. The van der Waals surface area contributed by atoms with E-state index in [0.29, 0.717) is 48.8 Å². The molecule has 1 aliphatic heterocycles. The second-order valence-corrected chi connectivity index (χ2v) is 18.2. The summed E-state index contributed by atoms with van der Waals surface area (Å²) in [5.41, 5.74) is 2.14. The first-order valence-electron chi connectivity index (χ1n) is 18.4. The molecule has 1 aromatic carbocycles. The summed E-state index contributed by atoms with van der Waals surface area (Å²) in [6.07, 6.45) is 8.01. The summed E-state index contributed by atoms with van der Waals surface area (Å²) in [4.78, 5) is 70.8. The molecule has 54 heavy (non-hydrogen) atoms. The Morgan fingerprint density at radius 3 is 2.50 bits per heavy atom. The molecule has 0 saturated heterocycles. The van der Waals surface area contributed by atoms with Crippen molar-refractivity contribution < 1.29 is 32.3 Å². The molecule has 3 aliphatic carbocycles. The van der Waals surface area contributed by atoms with E-state index in [9.17, 15) is 27.6 Å². The van der Waals surface area contributed by atoms with Gasteiger partial charge in [0.05, 0.1) is 38.6 Å². The van der Waals surface area contributed by atoms with E-state index in [1.54, 1.807) is 10.9 Å². The molecule has 6 atom stereocenters. The van der Waals surface area contributed by atoms with E-state index in [1.807, 2.05) is 53.9 Å². The Morgan fingerprint density at radius 2 is 1.76 bits per heavy atom. The van der Waals surface area contributed by atoms with Crippen LogP contribution in [0.4, 0.5) is 0 Å². The maximum Gasteiger partial charge on any atom is 0.271 e. The number of thiazole rings is 1. The van der Waals surface area contributed by atoms with Crippen molar-refractivity contribution >= 4 is 67.2 Å². The molecule has 16 heteroatoms. The van der Waals surface area contributed by atoms with Gasteiger partial charge in [0.2, 0.25) is 21.8 Å². The lowest BCUT2D eigenvalue weighted by Gasteiger charge is -2.26. The Hall–Kier alpha value is -4.54. The number of carbonyl (C=O) groups excluding carboxylic acids is 4. The molecular formula is C38H40N6O7S3. The van der Waals surface area contributed by atoms with Gasteiger partial charge >= 0.3 is 0 Å². The first-order chi connectivity index (χ1) is 26.1. The van der Waals surface area contributed by atoms with Gasteiger partial charge in [0, 0.05) is 17.2 Å². The molecule has 0 radical (unpaired) electrons. The number of aromatic nitrogens is 3. The topological polar surface area (TPSA) is 186 Å². The molecule has 4 aliphatic rings. The number of ketones is 1. The predicted octanol–water partition coefficient (Wildman–Crippen LogP) is 4.96. The highest BCUT2D eigenvalue weighted by Gasteiger charge is 2.62. The number of nitrogens with one attached hydrogen (secondary N) is 3. The summed E-state index contributed by atoms with van der Waals surface area (Å²) >= 11 is 2.76. The first-order valence-corrected chi connectivity index (χ1v) is 21.7. The van der Waals surface area contributed by atoms with Crippen molar-refractivity contribution in [1.29, 1.82) is 0 Å². The van der Waals surface area contributed by atoms with Crippen LogP contribution in [-0.2, 0) is 24.4 Å². The Kier molecular flexibility index (Phi) is 10.1. The van der Waals surface area contributed by atoms with E-state index >= 15 is 0 Å². The number of rotatable bonds is 8. The standard InChI is InChI=1S/C38H40N6O7S3/c45-33-25-17-23(51-36-32(31-13-8-16-53-31)40-27-10-6-7-11-28(27)42-36)18-26(25)34(46)43-38(37(48)44-54(49,50)24-14-15-24)19-22(38)9-4-2-1-3-5-12-29(33)41-35(47)30-20-52-21-39-30/h4,6-11,13,16,20-26,29H,1-3,5,12,14-15,17-19H2,(H,41,47)(H,43,46)(H,44,48)/b9-4-/t22?,23-,25?,26+,29+,38+/m0/s1. The van der Waals surface area contributed by atoms with Gasteiger partial charge in [-0.1, -0.05) is 43.2 Å². The van der Waals surface area contributed by atoms with Crippen molar-refractivity contribution in [2.24, 2.45) is 17.8 Å². The van der Waals surface area contributed by atoms with E-state index in [2.05, 4.69) is 20.3 Å². The van der Waals surface area contributed by atoms with Gasteiger partial charge in [-0.15, -0.1) is 22.7 Å². The molecule has 3 N–H and O–H groups in total. The molecule has 3 aromatic heterocycles. The van der Waals surface area contributed by atoms with Crippen LogP contribution in [0.1, 0.15) is 74.7 Å². The number of thiophene rings is 1. The van der Waals surface area contributed by atoms with Gasteiger partial charge in [0.15, 0.2) is 5.78 Å². The van der Waals surface area contributed by atoms with Gasteiger partial charge in [0.1, 0.15) is 23.0 Å². The van der Waals surface area contributed by atoms with Gasteiger partial charge in [0.25, 0.3) is 11.8 Å². The zero-order valence-electron chi connectivity index (χ0n) is 29.3. The average Bonchev–Trinajstić information content (AvgIpc) is 3.87. The number of fused-ring (bicyclic) bond motifs is 3. The number of para-hydroxylation sites is 2. The molecule has 3 fully saturated rings. The third-order valence-corrected chi connectivity index (χ3v) is 14.1. The average molecular weight is 789 g/mol. The minimum atomic E-state index is -3.88. The van der Waals surface area contributed by atoms with Crippen molar-refractivity contribution in [2.45, 2.75) is 87.1 Å². The van der Waals surface area contributed by atoms with Gasteiger partial charge in [-0.3, -0.25) is 23.9 Å². The van der Waals surface area contributed by atoms with Crippen LogP contribution in [0.2, 0.25) is 0 Å². The lowest BCUT2D eigenvalue weighted by molar-refractivity contribution is -0.136. The van der Waals surface area contributed by atoms with Crippen LogP contribution < -0.4 is 20.1 Å². The number of carbonyl (C=O) groups is 4. The van der Waals surface area contributed by atoms with Crippen LogP contribution in [0.3, 0.4) is 0 Å². The Labute approximate surface area is 320 Å². The minimum absolute atomic E-state index is 0.117. The Balaban J connectivity index is 1.12. The van der Waals surface area contributed by atoms with Crippen LogP contribution >= 0.6 is 22.7 Å². The van der Waals surface area contributed by atoms with Gasteiger partial charge in [-0.05, 0) is 74.9 Å². The summed E-state index contributed by atoms with van der Waals surface area (Å²) < 4.78 is 34.6. The first kappa shape index (κ1) is 36.4. The van der Waals surface area contributed by atoms with Crippen LogP contribution in [-0.4, -0.2) is 69.8 Å². The zero-order valence-corrected chi connectivity index (χ0v) is 31.8. The van der Waals surface area contributed by atoms with Crippen molar-refractivity contribution in [1.82, 2.24) is 30.3 Å². The minimum Gasteiger partial charge on any atom is -0.473 e. The van der Waals surface area contributed by atoms with Crippen LogP contribution in [0, 0.1) is 17.8 Å². The Morgan fingerprint density at radius 1 is 0.963 bits per heavy atom. The van der Waals surface area contributed by atoms with E-state index in [1.165, 1.54) is 22.7 Å². The monoisotopic (exact) mass is 788 g/mol. The van der Waals surface area contributed by atoms with Gasteiger partial charge in [-0.2, -0.15) is 0 Å². The van der Waals surface area contributed by atoms with Gasteiger partial charge in [-0.25, -0.2) is 23.4 Å². The summed E-state index contributed by atoms with van der Waals surface area (Å²) in [5, 5.41) is 8.77. The number of hydrogen-bond acceptors (Lipinski definition) is 12. The van der Waals surface area contributed by atoms with E-state index in [-0.39, 0.29) is 36.6 Å². The van der Waals surface area contributed by atoms with E-state index in [4.69, 9.17) is 14.7 Å². The highest BCUT2D eigenvalue weighted by Crippen LogP contribution is 2.47. The number of Topliss-reactive ketones (excluding diaryl/α,β-unsaturated/α-hetero) is 1. The molecule has 282 valence electrons. The number of benzene rings is 1. The third kappa shape index (κ3) is 7.55. The number of nitrogens with zero attached hydrogens (tertiary/aromatic N) is 3. The lowest BCUT2D eigenvalue weighted by Crippen LogP contribution is -2.54. The molecule has 3 saturated carbocycles. The zero-order chi connectivity index (χ0) is 37.5. The van der Waals surface area contributed by atoms with Crippen molar-refractivity contribution in [3.8, 4) is 16.5 Å². The van der Waals surface area contributed by atoms with Crippen LogP contribution in [0.15, 0.2) is 64.8 Å². The molecular weight excluding hydrogens is 749 g/mol. The normalized spacial score (nSPS) is 28.1. The van der Waals surface area contributed by atoms with Gasteiger partial charge < -0.3 is 15.4 Å². The Bertz CT molecular complexity index is 2210. The lowest BCUT2D eigenvalue weighted by atomic mass is 9.85. The van der Waals surface area contributed by atoms with Crippen molar-refractivity contribution in [3.63, 3.8) is 0 Å². The quantitative estimate of drug-likeness (QED) is 0.206. The van der Waals surface area contributed by atoms with Crippen molar-refractivity contribution in [3.05, 3.63) is 70.5 Å². The highest BCUT2D eigenvalue weighted by molar-refractivity contribution is 7.91. The number of ether oxygens (including phenoxy) is 1. The summed E-state index contributed by atoms with van der Waals surface area (Å²) in [6, 6.07) is 10.4. The second kappa shape index (κ2) is 14.9. The fourth-order valence-electron chi connectivity index (χ4n) is 7.61. The highest BCUT2D eigenvalue weighted by atomic mass is 32.2. The smallest absolute Gasteiger partial charge is 0.271 e. The predicted molar refractivity (Wildman–Crippen MR) is 203 cm³/mol. The molecule has 4 aromatic rings. The molecule has 3 amide bonds. The number of allylic oxidation sites excluding steroid dienone is 1. The molecule has 4 heterocycles. The van der Waals surface area contributed by atoms with E-state index < -0.39 is 68.4 Å². The second-order valence-electron chi connectivity index (χ2n) is 14.6. The molecule has 0 spiro atoms.